The highest BCUT2D eigenvalue weighted by atomic mass is 35.5. The first-order valence-corrected chi connectivity index (χ1v) is 8.84. The van der Waals surface area contributed by atoms with Gasteiger partial charge in [-0.15, -0.1) is 6.58 Å². The van der Waals surface area contributed by atoms with Crippen molar-refractivity contribution in [1.29, 1.82) is 0 Å². The summed E-state index contributed by atoms with van der Waals surface area (Å²) in [7, 11) is 3.08. The third-order valence-electron chi connectivity index (χ3n) is 4.28. The smallest absolute Gasteiger partial charge is 0.278 e. The Morgan fingerprint density at radius 2 is 1.79 bits per heavy atom. The van der Waals surface area contributed by atoms with Gasteiger partial charge in [-0.2, -0.15) is 0 Å². The van der Waals surface area contributed by atoms with Crippen LogP contribution < -0.4 is 14.8 Å². The summed E-state index contributed by atoms with van der Waals surface area (Å²) >= 11 is 6.17. The minimum atomic E-state index is -0.428. The number of anilines is 1. The number of hydrogen-bond donors (Lipinski definition) is 1. The second-order valence-corrected chi connectivity index (χ2v) is 6.37. The third-order valence-corrected chi connectivity index (χ3v) is 4.57. The molecular formula is C21H19ClN2O4. The quantitative estimate of drug-likeness (QED) is 0.568. The van der Waals surface area contributed by atoms with Crippen molar-refractivity contribution in [3.8, 4) is 11.5 Å². The van der Waals surface area contributed by atoms with Gasteiger partial charge < -0.3 is 14.8 Å². The Morgan fingerprint density at radius 1 is 1.07 bits per heavy atom. The van der Waals surface area contributed by atoms with Crippen molar-refractivity contribution in [3.63, 3.8) is 0 Å². The number of nitrogens with one attached hydrogen (secondary N) is 1. The van der Waals surface area contributed by atoms with Gasteiger partial charge in [0.05, 0.1) is 24.8 Å². The summed E-state index contributed by atoms with van der Waals surface area (Å²) in [5, 5.41) is 3.43. The molecule has 1 aliphatic rings. The molecule has 0 aromatic heterocycles. The van der Waals surface area contributed by atoms with E-state index >= 15 is 0 Å². The predicted molar refractivity (Wildman–Crippen MR) is 108 cm³/mol. The van der Waals surface area contributed by atoms with Crippen LogP contribution in [0.3, 0.4) is 0 Å². The molecule has 0 unspecified atom stereocenters. The Bertz CT molecular complexity index is 967. The number of ether oxygens (including phenoxy) is 2. The highest BCUT2D eigenvalue weighted by Gasteiger charge is 2.38. The highest BCUT2D eigenvalue weighted by Crippen LogP contribution is 2.33. The lowest BCUT2D eigenvalue weighted by Gasteiger charge is -2.13. The van der Waals surface area contributed by atoms with Crippen LogP contribution in [-0.4, -0.2) is 37.5 Å². The van der Waals surface area contributed by atoms with Crippen molar-refractivity contribution in [1.82, 2.24) is 4.90 Å². The van der Waals surface area contributed by atoms with Gasteiger partial charge in [-0.05, 0) is 35.9 Å². The maximum Gasteiger partial charge on any atom is 0.278 e. The van der Waals surface area contributed by atoms with E-state index in [1.165, 1.54) is 13.2 Å². The predicted octanol–water partition coefficient (Wildman–Crippen LogP) is 3.74. The summed E-state index contributed by atoms with van der Waals surface area (Å²) in [4.78, 5) is 26.9. The van der Waals surface area contributed by atoms with Crippen molar-refractivity contribution >= 4 is 34.7 Å². The van der Waals surface area contributed by atoms with Crippen molar-refractivity contribution in [2.75, 3.05) is 26.1 Å². The number of imide groups is 1. The Kier molecular flexibility index (Phi) is 5.70. The van der Waals surface area contributed by atoms with Crippen molar-refractivity contribution < 1.29 is 19.1 Å². The van der Waals surface area contributed by atoms with Gasteiger partial charge in [-0.1, -0.05) is 29.8 Å². The molecule has 1 N–H and O–H groups in total. The normalized spacial score (nSPS) is 13.8. The molecule has 28 heavy (non-hydrogen) atoms. The van der Waals surface area contributed by atoms with E-state index in [2.05, 4.69) is 11.9 Å². The Balaban J connectivity index is 2.05. The average molecular weight is 399 g/mol. The second kappa shape index (κ2) is 8.19. The van der Waals surface area contributed by atoms with Gasteiger partial charge in [0.25, 0.3) is 11.8 Å². The van der Waals surface area contributed by atoms with Crippen molar-refractivity contribution in [2.45, 2.75) is 0 Å². The van der Waals surface area contributed by atoms with Crippen LogP contribution >= 0.6 is 11.6 Å². The molecule has 0 saturated carbocycles. The molecular weight excluding hydrogens is 380 g/mol. The summed E-state index contributed by atoms with van der Waals surface area (Å²) in [5.74, 6) is 0.346. The summed E-state index contributed by atoms with van der Waals surface area (Å²) < 4.78 is 10.3. The Labute approximate surface area is 168 Å². The topological polar surface area (TPSA) is 67.9 Å². The number of nitrogens with zero attached hydrogens (tertiary/aromatic N) is 1. The van der Waals surface area contributed by atoms with Gasteiger partial charge in [-0.3, -0.25) is 14.5 Å². The van der Waals surface area contributed by atoms with Gasteiger partial charge >= 0.3 is 0 Å². The molecule has 0 aliphatic carbocycles. The van der Waals surface area contributed by atoms with Crippen LogP contribution in [0.5, 0.6) is 11.5 Å². The molecule has 0 saturated heterocycles. The lowest BCUT2D eigenvalue weighted by molar-refractivity contribution is -0.136. The summed E-state index contributed by atoms with van der Waals surface area (Å²) in [6.07, 6.45) is 1.51. The molecule has 1 heterocycles. The zero-order valence-corrected chi connectivity index (χ0v) is 16.2. The molecule has 0 bridgehead atoms. The first-order valence-electron chi connectivity index (χ1n) is 8.46. The van der Waals surface area contributed by atoms with Gasteiger partial charge in [0.2, 0.25) is 0 Å². The van der Waals surface area contributed by atoms with Crippen LogP contribution in [0, 0.1) is 0 Å². The van der Waals surface area contributed by atoms with Crippen molar-refractivity contribution in [2.24, 2.45) is 0 Å². The van der Waals surface area contributed by atoms with E-state index in [1.54, 1.807) is 49.6 Å². The first kappa shape index (κ1) is 19.5. The first-order chi connectivity index (χ1) is 13.5. The molecule has 3 rings (SSSR count). The van der Waals surface area contributed by atoms with Crippen LogP contribution in [0.25, 0.3) is 5.57 Å². The van der Waals surface area contributed by atoms with E-state index in [4.69, 9.17) is 21.1 Å². The average Bonchev–Trinajstić information content (AvgIpc) is 2.93. The van der Waals surface area contributed by atoms with Crippen LogP contribution in [-0.2, 0) is 9.59 Å². The van der Waals surface area contributed by atoms with Crippen LogP contribution in [0.15, 0.2) is 60.8 Å². The standard InChI is InChI=1S/C21H19ClN2O4/c1-4-11-24-20(25)18(13-5-8-15(27-2)9-6-13)19(21(24)26)23-14-7-10-17(28-3)16(22)12-14/h4-10,12,23H,1,11H2,2-3H3. The number of carbonyl (C=O) groups is 2. The molecule has 0 radical (unpaired) electrons. The van der Waals surface area contributed by atoms with E-state index in [0.29, 0.717) is 27.8 Å². The number of carbonyl (C=O) groups excluding carboxylic acids is 2. The number of rotatable bonds is 7. The van der Waals surface area contributed by atoms with Crippen molar-refractivity contribution in [3.05, 3.63) is 71.4 Å². The number of benzene rings is 2. The minimum absolute atomic E-state index is 0.117. The summed E-state index contributed by atoms with van der Waals surface area (Å²) in [6, 6.07) is 12.0. The van der Waals surface area contributed by atoms with E-state index in [0.717, 1.165) is 4.90 Å². The minimum Gasteiger partial charge on any atom is -0.497 e. The van der Waals surface area contributed by atoms with E-state index in [-0.39, 0.29) is 17.8 Å². The van der Waals surface area contributed by atoms with Crippen LogP contribution in [0.1, 0.15) is 5.56 Å². The molecule has 0 spiro atoms. The maximum absolute atomic E-state index is 12.9. The molecule has 6 nitrogen and oxygen atoms in total. The zero-order chi connectivity index (χ0) is 20.3. The number of methoxy groups -OCH3 is 2. The second-order valence-electron chi connectivity index (χ2n) is 5.96. The maximum atomic E-state index is 12.9. The number of hydrogen-bond acceptors (Lipinski definition) is 5. The number of amides is 2. The molecule has 2 amide bonds. The van der Waals surface area contributed by atoms with Crippen LogP contribution in [0.4, 0.5) is 5.69 Å². The van der Waals surface area contributed by atoms with Crippen LogP contribution in [0.2, 0.25) is 5.02 Å². The Morgan fingerprint density at radius 3 is 2.36 bits per heavy atom. The lowest BCUT2D eigenvalue weighted by Crippen LogP contribution is -2.32. The lowest BCUT2D eigenvalue weighted by atomic mass is 10.0. The molecule has 0 atom stereocenters. The number of halogens is 1. The fourth-order valence-electron chi connectivity index (χ4n) is 2.90. The molecule has 0 fully saturated rings. The summed E-state index contributed by atoms with van der Waals surface area (Å²) in [5.41, 5.74) is 1.63. The van der Waals surface area contributed by atoms with E-state index < -0.39 is 11.8 Å². The molecule has 2 aromatic carbocycles. The van der Waals surface area contributed by atoms with E-state index in [9.17, 15) is 9.59 Å². The molecule has 7 heteroatoms. The largest absolute Gasteiger partial charge is 0.497 e. The van der Waals surface area contributed by atoms with E-state index in [1.807, 2.05) is 0 Å². The summed E-state index contributed by atoms with van der Waals surface area (Å²) in [6.45, 7) is 3.74. The molecule has 1 aliphatic heterocycles. The zero-order valence-electron chi connectivity index (χ0n) is 15.5. The monoisotopic (exact) mass is 398 g/mol. The van der Waals surface area contributed by atoms with Gasteiger partial charge in [0.1, 0.15) is 17.2 Å². The highest BCUT2D eigenvalue weighted by molar-refractivity contribution is 6.36. The van der Waals surface area contributed by atoms with Gasteiger partial charge in [-0.25, -0.2) is 0 Å². The molecule has 144 valence electrons. The van der Waals surface area contributed by atoms with Gasteiger partial charge in [0.15, 0.2) is 0 Å². The fraction of sp³-hybridized carbons (Fsp3) is 0.143. The third kappa shape index (κ3) is 3.59. The van der Waals surface area contributed by atoms with Gasteiger partial charge in [0, 0.05) is 12.2 Å². The fourth-order valence-corrected chi connectivity index (χ4v) is 3.16. The molecule has 2 aromatic rings. The Hall–Kier alpha value is -3.25. The SMILES string of the molecule is C=CCN1C(=O)C(Nc2ccc(OC)c(Cl)c2)=C(c2ccc(OC)cc2)C1=O.